The lowest BCUT2D eigenvalue weighted by Crippen LogP contribution is -2.29. The standard InChI is InChI=1S/C57H34N2O2S/c60-62(51-28-10-5-19-39(51)40-20-6-11-29-52(40)62)53-30-12-7-21-41(53)43-33-36(31-32-54(43)62)45-23-14-24-46(58-45)56-55-42-22-3-8-25-48(42)59(47-26-13-16-35-15-1-2-17-37(35)47)49(55)34-44-38-18-4-9-27-50(38)61-57(44)56/h1-34H. The van der Waals surface area contributed by atoms with Gasteiger partial charge in [-0.2, -0.15) is 0 Å². The van der Waals surface area contributed by atoms with Crippen LogP contribution in [0.1, 0.15) is 0 Å². The molecule has 0 fully saturated rings. The molecule has 2 aliphatic rings. The third-order valence-electron chi connectivity index (χ3n) is 13.5. The van der Waals surface area contributed by atoms with E-state index in [-0.39, 0.29) is 0 Å². The number of hydrogen-bond donors (Lipinski definition) is 0. The average molecular weight is 811 g/mol. The fraction of sp³-hybridized carbons (Fsp3) is 0. The molecular formula is C57H34N2O2S. The molecule has 3 aromatic heterocycles. The number of pyridine rings is 1. The van der Waals surface area contributed by atoms with Crippen LogP contribution in [0, 0.1) is 0 Å². The van der Waals surface area contributed by atoms with Gasteiger partial charge in [-0.05, 0) is 94.4 Å². The Balaban J connectivity index is 1.04. The van der Waals surface area contributed by atoms with Crippen molar-refractivity contribution < 1.29 is 8.63 Å². The fourth-order valence-corrected chi connectivity index (χ4v) is 16.1. The van der Waals surface area contributed by atoms with Gasteiger partial charge in [0.25, 0.3) is 0 Å². The first-order valence-corrected chi connectivity index (χ1v) is 23.0. The molecule has 2 aliphatic heterocycles. The number of hydrogen-bond acceptors (Lipinski definition) is 3. The van der Waals surface area contributed by atoms with Gasteiger partial charge >= 0.3 is 0 Å². The molecule has 0 saturated carbocycles. The third kappa shape index (κ3) is 4.07. The first-order chi connectivity index (χ1) is 30.6. The minimum atomic E-state index is -3.94. The van der Waals surface area contributed by atoms with E-state index in [1.54, 1.807) is 0 Å². The van der Waals surface area contributed by atoms with Crippen LogP contribution in [-0.2, 0) is 9.07 Å². The quantitative estimate of drug-likeness (QED) is 0.179. The Morgan fingerprint density at radius 3 is 1.79 bits per heavy atom. The Kier molecular flexibility index (Phi) is 6.51. The van der Waals surface area contributed by atoms with Crippen LogP contribution in [0.25, 0.3) is 105 Å². The van der Waals surface area contributed by atoms with Gasteiger partial charge in [-0.25, -0.2) is 4.98 Å². The van der Waals surface area contributed by atoms with E-state index < -0.39 is 9.07 Å². The highest BCUT2D eigenvalue weighted by molar-refractivity contribution is 8.21. The minimum Gasteiger partial charge on any atom is -0.455 e. The lowest BCUT2D eigenvalue weighted by atomic mass is 9.98. The zero-order chi connectivity index (χ0) is 40.8. The van der Waals surface area contributed by atoms with Crippen molar-refractivity contribution in [1.82, 2.24) is 9.55 Å². The summed E-state index contributed by atoms with van der Waals surface area (Å²) in [6, 6.07) is 72.0. The molecule has 0 atom stereocenters. The summed E-state index contributed by atoms with van der Waals surface area (Å²) in [6.07, 6.45) is 0. The molecule has 0 amide bonds. The van der Waals surface area contributed by atoms with E-state index in [1.165, 1.54) is 10.8 Å². The van der Waals surface area contributed by atoms with Crippen molar-refractivity contribution >= 4 is 63.6 Å². The molecule has 12 aromatic rings. The van der Waals surface area contributed by atoms with Crippen LogP contribution in [0.15, 0.2) is 230 Å². The number of para-hydroxylation sites is 2. The van der Waals surface area contributed by atoms with Gasteiger partial charge in [0.15, 0.2) is 0 Å². The molecule has 4 nitrogen and oxygen atoms in total. The second-order valence-electron chi connectivity index (χ2n) is 16.5. The Hall–Kier alpha value is -7.86. The van der Waals surface area contributed by atoms with Gasteiger partial charge in [0.1, 0.15) is 11.2 Å². The number of fused-ring (bicyclic) bond motifs is 17. The van der Waals surface area contributed by atoms with E-state index in [9.17, 15) is 0 Å². The fourth-order valence-electron chi connectivity index (χ4n) is 11.0. The number of aromatic nitrogens is 2. The van der Waals surface area contributed by atoms with Gasteiger partial charge in [-0.3, -0.25) is 4.21 Å². The molecule has 0 unspecified atom stereocenters. The molecule has 62 heavy (non-hydrogen) atoms. The van der Waals surface area contributed by atoms with Gasteiger partial charge in [-0.1, -0.05) is 140 Å². The van der Waals surface area contributed by atoms with Gasteiger partial charge in [0, 0.05) is 61.1 Å². The molecule has 1 spiro atoms. The first kappa shape index (κ1) is 33.9. The average Bonchev–Trinajstić information content (AvgIpc) is 4.02. The SMILES string of the molecule is O=S12(c3ccccc3-c3ccccc31)c1ccccc1-c1cc(-c3cccc(-c4c5oc6ccccc6c5cc5c4c4ccccc4n5-c4cccc5ccccc45)n3)ccc12. The highest BCUT2D eigenvalue weighted by atomic mass is 32.3. The molecule has 290 valence electrons. The van der Waals surface area contributed by atoms with Crippen molar-refractivity contribution in [1.29, 1.82) is 0 Å². The predicted molar refractivity (Wildman–Crippen MR) is 253 cm³/mol. The molecule has 5 heteroatoms. The zero-order valence-corrected chi connectivity index (χ0v) is 34.1. The van der Waals surface area contributed by atoms with Gasteiger partial charge in [-0.15, -0.1) is 0 Å². The summed E-state index contributed by atoms with van der Waals surface area (Å²) in [6.45, 7) is 0. The number of rotatable bonds is 3. The molecule has 14 rings (SSSR count). The smallest absolute Gasteiger partial charge is 0.145 e. The van der Waals surface area contributed by atoms with Crippen LogP contribution in [0.3, 0.4) is 0 Å². The first-order valence-electron chi connectivity index (χ1n) is 21.0. The van der Waals surface area contributed by atoms with Gasteiger partial charge < -0.3 is 8.98 Å². The molecule has 0 N–H and O–H groups in total. The second kappa shape index (κ2) is 11.9. The summed E-state index contributed by atoms with van der Waals surface area (Å²) < 4.78 is 26.2. The summed E-state index contributed by atoms with van der Waals surface area (Å²) >= 11 is 0. The van der Waals surface area contributed by atoms with Crippen LogP contribution in [0.4, 0.5) is 0 Å². The van der Waals surface area contributed by atoms with E-state index in [1.807, 2.05) is 42.5 Å². The summed E-state index contributed by atoms with van der Waals surface area (Å²) in [5.41, 5.74) is 12.6. The van der Waals surface area contributed by atoms with Crippen molar-refractivity contribution in [3.63, 3.8) is 0 Å². The van der Waals surface area contributed by atoms with E-state index in [2.05, 4.69) is 168 Å². The van der Waals surface area contributed by atoms with Crippen LogP contribution in [-0.4, -0.2) is 13.8 Å². The van der Waals surface area contributed by atoms with E-state index >= 15 is 4.21 Å². The highest BCUT2D eigenvalue weighted by Crippen LogP contribution is 2.71. The van der Waals surface area contributed by atoms with E-state index in [0.717, 1.165) is 114 Å². The Morgan fingerprint density at radius 2 is 1.02 bits per heavy atom. The topological polar surface area (TPSA) is 48.0 Å². The van der Waals surface area contributed by atoms with Crippen molar-refractivity contribution in [3.05, 3.63) is 206 Å². The molecule has 9 aromatic carbocycles. The normalized spacial score (nSPS) is 14.9. The molecule has 0 saturated heterocycles. The van der Waals surface area contributed by atoms with Crippen LogP contribution < -0.4 is 0 Å². The Bertz CT molecular complexity index is 3960. The van der Waals surface area contributed by atoms with Crippen LogP contribution in [0.2, 0.25) is 0 Å². The van der Waals surface area contributed by atoms with Gasteiger partial charge in [0.05, 0.1) is 33.7 Å². The van der Waals surface area contributed by atoms with Gasteiger partial charge in [0.2, 0.25) is 0 Å². The number of nitrogens with zero attached hydrogens (tertiary/aromatic N) is 2. The van der Waals surface area contributed by atoms with E-state index in [0.29, 0.717) is 0 Å². The zero-order valence-electron chi connectivity index (χ0n) is 33.2. The van der Waals surface area contributed by atoms with Crippen molar-refractivity contribution in [3.8, 4) is 50.5 Å². The summed E-state index contributed by atoms with van der Waals surface area (Å²) in [4.78, 5) is 9.04. The summed E-state index contributed by atoms with van der Waals surface area (Å²) in [7, 11) is -3.94. The lowest BCUT2D eigenvalue weighted by molar-refractivity contribution is 0.658. The van der Waals surface area contributed by atoms with Crippen molar-refractivity contribution in [2.45, 2.75) is 19.6 Å². The predicted octanol–water partition coefficient (Wildman–Crippen LogP) is 14.9. The van der Waals surface area contributed by atoms with Crippen molar-refractivity contribution in [2.24, 2.45) is 0 Å². The maximum Gasteiger partial charge on any atom is 0.145 e. The summed E-state index contributed by atoms with van der Waals surface area (Å²) in [5, 5.41) is 6.69. The Labute approximate surface area is 356 Å². The summed E-state index contributed by atoms with van der Waals surface area (Å²) in [5.74, 6) is 0. The largest absolute Gasteiger partial charge is 0.455 e. The molecule has 5 heterocycles. The van der Waals surface area contributed by atoms with Crippen molar-refractivity contribution in [2.75, 3.05) is 0 Å². The monoisotopic (exact) mass is 810 g/mol. The van der Waals surface area contributed by atoms with Crippen LogP contribution >= 0.6 is 0 Å². The van der Waals surface area contributed by atoms with Crippen LogP contribution in [0.5, 0.6) is 0 Å². The lowest BCUT2D eigenvalue weighted by Gasteiger charge is -2.38. The molecule has 0 aliphatic carbocycles. The Morgan fingerprint density at radius 1 is 0.435 bits per heavy atom. The maximum atomic E-state index is 16.9. The minimum absolute atomic E-state index is 0.811. The maximum absolute atomic E-state index is 16.9. The molecular weight excluding hydrogens is 777 g/mol. The molecule has 0 radical (unpaired) electrons. The number of furan rings is 1. The molecule has 0 bridgehead atoms. The number of benzene rings is 9. The van der Waals surface area contributed by atoms with E-state index in [4.69, 9.17) is 9.40 Å². The highest BCUT2D eigenvalue weighted by Gasteiger charge is 2.57. The second-order valence-corrected chi connectivity index (χ2v) is 20.2. The third-order valence-corrected chi connectivity index (χ3v) is 18.3.